The zero-order valence-corrected chi connectivity index (χ0v) is 17.0. The molecule has 31 heavy (non-hydrogen) atoms. The molecule has 1 fully saturated rings. The molecular formula is C23H24F4N4. The van der Waals surface area contributed by atoms with Crippen molar-refractivity contribution in [2.24, 2.45) is 0 Å². The van der Waals surface area contributed by atoms with E-state index < -0.39 is 11.7 Å². The molecule has 0 bridgehead atoms. The molecule has 2 aromatic carbocycles. The van der Waals surface area contributed by atoms with Crippen molar-refractivity contribution in [3.63, 3.8) is 0 Å². The van der Waals surface area contributed by atoms with Crippen LogP contribution in [0.15, 0.2) is 48.7 Å². The molecule has 1 saturated heterocycles. The van der Waals surface area contributed by atoms with E-state index in [1.807, 2.05) is 6.07 Å². The third kappa shape index (κ3) is 5.07. The fourth-order valence-electron chi connectivity index (χ4n) is 4.00. The summed E-state index contributed by atoms with van der Waals surface area (Å²) in [5.74, 6) is -0.366. The van der Waals surface area contributed by atoms with E-state index in [1.54, 1.807) is 18.3 Å². The van der Waals surface area contributed by atoms with Crippen LogP contribution < -0.4 is 10.6 Å². The summed E-state index contributed by atoms with van der Waals surface area (Å²) in [6.45, 7) is 4.19. The van der Waals surface area contributed by atoms with Crippen LogP contribution in [-0.4, -0.2) is 42.6 Å². The minimum Gasteiger partial charge on any atom is -0.398 e. The lowest BCUT2D eigenvalue weighted by Crippen LogP contribution is -2.46. The van der Waals surface area contributed by atoms with Gasteiger partial charge >= 0.3 is 6.18 Å². The number of benzene rings is 2. The van der Waals surface area contributed by atoms with Gasteiger partial charge < -0.3 is 10.6 Å². The van der Waals surface area contributed by atoms with Crippen LogP contribution >= 0.6 is 0 Å². The van der Waals surface area contributed by atoms with Gasteiger partial charge in [-0.2, -0.15) is 13.2 Å². The number of hydrogen-bond donors (Lipinski definition) is 1. The van der Waals surface area contributed by atoms with E-state index in [0.717, 1.165) is 74.5 Å². The summed E-state index contributed by atoms with van der Waals surface area (Å²) >= 11 is 0. The predicted molar refractivity (Wildman–Crippen MR) is 115 cm³/mol. The maximum absolute atomic E-state index is 13.4. The monoisotopic (exact) mass is 432 g/mol. The summed E-state index contributed by atoms with van der Waals surface area (Å²) in [6.07, 6.45) is -0.919. The molecular weight excluding hydrogens is 408 g/mol. The Bertz CT molecular complexity index is 1040. The largest absolute Gasteiger partial charge is 0.416 e. The number of pyridine rings is 1. The minimum atomic E-state index is -4.31. The van der Waals surface area contributed by atoms with Gasteiger partial charge in [0.1, 0.15) is 5.82 Å². The highest BCUT2D eigenvalue weighted by Crippen LogP contribution is 2.30. The van der Waals surface area contributed by atoms with Crippen LogP contribution in [0.3, 0.4) is 0 Å². The number of rotatable bonds is 5. The van der Waals surface area contributed by atoms with E-state index in [-0.39, 0.29) is 5.82 Å². The second-order valence-corrected chi connectivity index (χ2v) is 7.87. The highest BCUT2D eigenvalue weighted by molar-refractivity contribution is 5.92. The molecule has 4 rings (SSSR count). The van der Waals surface area contributed by atoms with Crippen LogP contribution in [0.25, 0.3) is 10.8 Å². The zero-order chi connectivity index (χ0) is 22.0. The van der Waals surface area contributed by atoms with E-state index in [4.69, 9.17) is 5.73 Å². The molecule has 0 saturated carbocycles. The van der Waals surface area contributed by atoms with Crippen LogP contribution in [0, 0.1) is 5.82 Å². The molecule has 0 spiro atoms. The standard InChI is InChI=1S/C23H24F4N4/c24-18-12-16-15-29-19(14-21(16)22(28)13-18)2-1-7-30-8-10-31(11-9-30)20-5-3-17(4-6-20)23(25,26)27/h3-6,12-15H,1-2,7-11,28H2. The number of halogens is 4. The SMILES string of the molecule is Nc1cc(F)cc2cnc(CCCN3CCN(c4ccc(C(F)(F)F)cc4)CC3)cc12. The summed E-state index contributed by atoms with van der Waals surface area (Å²) in [5.41, 5.74) is 7.47. The number of fused-ring (bicyclic) bond motifs is 1. The number of piperazine rings is 1. The van der Waals surface area contributed by atoms with Crippen LogP contribution in [0.5, 0.6) is 0 Å². The molecule has 2 heterocycles. The first-order valence-electron chi connectivity index (χ1n) is 10.3. The van der Waals surface area contributed by atoms with Crippen molar-refractivity contribution < 1.29 is 17.6 Å². The molecule has 3 aromatic rings. The first-order valence-corrected chi connectivity index (χ1v) is 10.3. The van der Waals surface area contributed by atoms with Crippen LogP contribution in [0.4, 0.5) is 28.9 Å². The molecule has 4 nitrogen and oxygen atoms in total. The Balaban J connectivity index is 1.26. The molecule has 2 N–H and O–H groups in total. The molecule has 0 radical (unpaired) electrons. The molecule has 164 valence electrons. The molecule has 0 atom stereocenters. The second kappa shape index (κ2) is 8.70. The zero-order valence-electron chi connectivity index (χ0n) is 17.0. The topological polar surface area (TPSA) is 45.4 Å². The van der Waals surface area contributed by atoms with Gasteiger partial charge in [-0.15, -0.1) is 0 Å². The minimum absolute atomic E-state index is 0.366. The quantitative estimate of drug-likeness (QED) is 0.468. The normalized spacial score (nSPS) is 15.5. The number of nitrogen functional groups attached to an aromatic ring is 1. The highest BCUT2D eigenvalue weighted by atomic mass is 19.4. The molecule has 1 aliphatic heterocycles. The van der Waals surface area contributed by atoms with E-state index in [2.05, 4.69) is 14.8 Å². The third-order valence-corrected chi connectivity index (χ3v) is 5.73. The van der Waals surface area contributed by atoms with Crippen LogP contribution in [0.2, 0.25) is 0 Å². The fourth-order valence-corrected chi connectivity index (χ4v) is 4.00. The number of nitrogens with zero attached hydrogens (tertiary/aromatic N) is 3. The van der Waals surface area contributed by atoms with Crippen molar-refractivity contribution in [1.82, 2.24) is 9.88 Å². The Hall–Kier alpha value is -2.87. The van der Waals surface area contributed by atoms with Gasteiger partial charge in [-0.25, -0.2) is 4.39 Å². The average molecular weight is 432 g/mol. The van der Waals surface area contributed by atoms with Gasteiger partial charge in [0.25, 0.3) is 0 Å². The second-order valence-electron chi connectivity index (χ2n) is 7.87. The molecule has 0 amide bonds. The lowest BCUT2D eigenvalue weighted by molar-refractivity contribution is -0.137. The summed E-state index contributed by atoms with van der Waals surface area (Å²) in [5, 5.41) is 1.51. The molecule has 8 heteroatoms. The maximum Gasteiger partial charge on any atom is 0.416 e. The number of aryl methyl sites for hydroxylation is 1. The number of aromatic nitrogens is 1. The summed E-state index contributed by atoms with van der Waals surface area (Å²) in [4.78, 5) is 8.89. The first kappa shape index (κ1) is 21.4. The van der Waals surface area contributed by atoms with Crippen molar-refractivity contribution in [2.45, 2.75) is 19.0 Å². The number of anilines is 2. The van der Waals surface area contributed by atoms with E-state index >= 15 is 0 Å². The van der Waals surface area contributed by atoms with Gasteiger partial charge in [0.05, 0.1) is 5.56 Å². The average Bonchev–Trinajstić information content (AvgIpc) is 2.74. The van der Waals surface area contributed by atoms with Gasteiger partial charge in [-0.3, -0.25) is 9.88 Å². The van der Waals surface area contributed by atoms with Crippen molar-refractivity contribution >= 4 is 22.1 Å². The Morgan fingerprint density at radius 3 is 2.35 bits per heavy atom. The van der Waals surface area contributed by atoms with Gasteiger partial charge in [0.15, 0.2) is 0 Å². The summed E-state index contributed by atoms with van der Waals surface area (Å²) in [6, 6.07) is 10.0. The highest BCUT2D eigenvalue weighted by Gasteiger charge is 2.30. The number of nitrogens with two attached hydrogens (primary N) is 1. The van der Waals surface area contributed by atoms with Gasteiger partial charge in [0, 0.05) is 60.2 Å². The van der Waals surface area contributed by atoms with Crippen molar-refractivity contribution in [3.05, 3.63) is 65.7 Å². The van der Waals surface area contributed by atoms with Crippen LogP contribution in [0.1, 0.15) is 17.7 Å². The fraction of sp³-hybridized carbons (Fsp3) is 0.348. The Kier molecular flexibility index (Phi) is 6.00. The molecule has 0 unspecified atom stereocenters. The first-order chi connectivity index (χ1) is 14.8. The van der Waals surface area contributed by atoms with Crippen molar-refractivity contribution in [3.8, 4) is 0 Å². The Morgan fingerprint density at radius 2 is 1.68 bits per heavy atom. The van der Waals surface area contributed by atoms with Gasteiger partial charge in [-0.05, 0) is 61.9 Å². The summed E-state index contributed by atoms with van der Waals surface area (Å²) in [7, 11) is 0. The summed E-state index contributed by atoms with van der Waals surface area (Å²) < 4.78 is 51.6. The Morgan fingerprint density at radius 1 is 0.968 bits per heavy atom. The lowest BCUT2D eigenvalue weighted by Gasteiger charge is -2.36. The molecule has 1 aliphatic rings. The maximum atomic E-state index is 13.4. The number of hydrogen-bond acceptors (Lipinski definition) is 4. The van der Waals surface area contributed by atoms with Gasteiger partial charge in [0.2, 0.25) is 0 Å². The number of alkyl halides is 3. The molecule has 1 aromatic heterocycles. The van der Waals surface area contributed by atoms with E-state index in [1.165, 1.54) is 12.1 Å². The van der Waals surface area contributed by atoms with Crippen LogP contribution in [-0.2, 0) is 12.6 Å². The van der Waals surface area contributed by atoms with E-state index in [9.17, 15) is 17.6 Å². The van der Waals surface area contributed by atoms with Crippen molar-refractivity contribution in [1.29, 1.82) is 0 Å². The van der Waals surface area contributed by atoms with Crippen molar-refractivity contribution in [2.75, 3.05) is 43.4 Å². The van der Waals surface area contributed by atoms with Gasteiger partial charge in [-0.1, -0.05) is 0 Å². The van der Waals surface area contributed by atoms with E-state index in [0.29, 0.717) is 11.1 Å². The smallest absolute Gasteiger partial charge is 0.398 e. The lowest BCUT2D eigenvalue weighted by atomic mass is 10.1. The third-order valence-electron chi connectivity index (χ3n) is 5.73. The molecule has 0 aliphatic carbocycles. The predicted octanol–water partition coefficient (Wildman–Crippen LogP) is 4.73. The Labute approximate surface area is 178 Å².